The molecule has 7 heteroatoms. The van der Waals surface area contributed by atoms with E-state index in [9.17, 15) is 14.4 Å². The molecule has 0 aromatic heterocycles. The Labute approximate surface area is 210 Å². The molecule has 2 unspecified atom stereocenters. The van der Waals surface area contributed by atoms with Crippen molar-refractivity contribution >= 4 is 17.9 Å². The summed E-state index contributed by atoms with van der Waals surface area (Å²) in [4.78, 5) is 32.3. The minimum absolute atomic E-state index is 0.0102. The smallest absolute Gasteiger partial charge is 0.328 e. The fourth-order valence-electron chi connectivity index (χ4n) is 4.39. The highest BCUT2D eigenvalue weighted by Crippen LogP contribution is 2.44. The van der Waals surface area contributed by atoms with E-state index in [4.69, 9.17) is 14.9 Å². The number of esters is 1. The number of hydrogen-bond donors (Lipinski definition) is 3. The quantitative estimate of drug-likeness (QED) is 0.322. The van der Waals surface area contributed by atoms with Crippen molar-refractivity contribution in [1.29, 1.82) is 0 Å². The third-order valence-corrected chi connectivity index (χ3v) is 6.15. The van der Waals surface area contributed by atoms with Crippen molar-refractivity contribution in [2.75, 3.05) is 13.2 Å². The van der Waals surface area contributed by atoms with Gasteiger partial charge in [-0.1, -0.05) is 91.0 Å². The minimum atomic E-state index is -1.26. The first-order chi connectivity index (χ1) is 17.4. The molecule has 3 aromatic carbocycles. The standard InChI is InChI=1S/C25H25NO2.C4H4O4/c1-19(20-11-5-2-6-12-20)26-17-23-18-28-24(27)25(23,21-13-7-3-8-14-21)22-15-9-4-10-16-22;5-3(6)1-2-4(7)8/h2-16,19,23,26H,17-18H2,1H3;1-2H,(H,5,6)(H,7,8)/b;2-1-. The molecule has 36 heavy (non-hydrogen) atoms. The van der Waals surface area contributed by atoms with Crippen molar-refractivity contribution in [3.05, 3.63) is 120 Å². The second-order valence-corrected chi connectivity index (χ2v) is 8.39. The molecule has 0 spiro atoms. The monoisotopic (exact) mass is 487 g/mol. The van der Waals surface area contributed by atoms with Crippen LogP contribution in [0.2, 0.25) is 0 Å². The van der Waals surface area contributed by atoms with Crippen molar-refractivity contribution < 1.29 is 29.3 Å². The Bertz CT molecular complexity index is 1120. The van der Waals surface area contributed by atoms with E-state index in [0.717, 1.165) is 11.1 Å². The molecule has 0 aliphatic carbocycles. The highest BCUT2D eigenvalue weighted by atomic mass is 16.5. The van der Waals surface area contributed by atoms with Crippen LogP contribution in [0.1, 0.15) is 29.7 Å². The van der Waals surface area contributed by atoms with E-state index in [-0.39, 0.29) is 17.9 Å². The SMILES string of the molecule is CC(NCC1COC(=O)C1(c1ccccc1)c1ccccc1)c1ccccc1.O=C(O)/C=C\C(=O)O. The topological polar surface area (TPSA) is 113 Å². The van der Waals surface area contributed by atoms with Crippen LogP contribution in [-0.4, -0.2) is 41.3 Å². The van der Waals surface area contributed by atoms with E-state index in [0.29, 0.717) is 25.3 Å². The predicted molar refractivity (Wildman–Crippen MR) is 135 cm³/mol. The van der Waals surface area contributed by atoms with Crippen LogP contribution in [0.4, 0.5) is 0 Å². The highest BCUT2D eigenvalue weighted by Gasteiger charge is 2.54. The predicted octanol–water partition coefficient (Wildman–Crippen LogP) is 4.21. The van der Waals surface area contributed by atoms with E-state index in [1.54, 1.807) is 0 Å². The fraction of sp³-hybridized carbons (Fsp3) is 0.207. The number of benzene rings is 3. The van der Waals surface area contributed by atoms with E-state index < -0.39 is 17.4 Å². The number of ether oxygens (including phenoxy) is 1. The summed E-state index contributed by atoms with van der Waals surface area (Å²) >= 11 is 0. The number of carbonyl (C=O) groups excluding carboxylic acids is 1. The molecule has 3 N–H and O–H groups in total. The normalized spacial score (nSPS) is 17.0. The minimum Gasteiger partial charge on any atom is -0.478 e. The molecule has 2 atom stereocenters. The molecular formula is C29H29NO6. The molecule has 1 fully saturated rings. The molecule has 1 saturated heterocycles. The van der Waals surface area contributed by atoms with Crippen LogP contribution in [0.5, 0.6) is 0 Å². The molecule has 1 aliphatic heterocycles. The van der Waals surface area contributed by atoms with Gasteiger partial charge < -0.3 is 20.3 Å². The summed E-state index contributed by atoms with van der Waals surface area (Å²) in [7, 11) is 0. The second-order valence-electron chi connectivity index (χ2n) is 8.39. The Morgan fingerprint density at radius 2 is 1.33 bits per heavy atom. The van der Waals surface area contributed by atoms with Gasteiger partial charge in [0.2, 0.25) is 0 Å². The molecule has 0 saturated carbocycles. The van der Waals surface area contributed by atoms with Crippen LogP contribution < -0.4 is 5.32 Å². The van der Waals surface area contributed by atoms with Gasteiger partial charge >= 0.3 is 17.9 Å². The van der Waals surface area contributed by atoms with Crippen molar-refractivity contribution in [2.24, 2.45) is 5.92 Å². The van der Waals surface area contributed by atoms with Gasteiger partial charge in [-0.25, -0.2) is 9.59 Å². The van der Waals surface area contributed by atoms with Crippen LogP contribution in [0, 0.1) is 5.92 Å². The van der Waals surface area contributed by atoms with E-state index in [1.807, 2.05) is 78.9 Å². The second kappa shape index (κ2) is 12.5. The first kappa shape index (κ1) is 26.4. The van der Waals surface area contributed by atoms with Crippen molar-refractivity contribution in [1.82, 2.24) is 5.32 Å². The zero-order valence-corrected chi connectivity index (χ0v) is 19.9. The van der Waals surface area contributed by atoms with Gasteiger partial charge in [-0.2, -0.15) is 0 Å². The molecule has 3 aromatic rings. The molecule has 186 valence electrons. The zero-order valence-electron chi connectivity index (χ0n) is 19.9. The maximum Gasteiger partial charge on any atom is 0.328 e. The lowest BCUT2D eigenvalue weighted by Gasteiger charge is -2.33. The number of nitrogens with one attached hydrogen (secondary N) is 1. The molecule has 0 bridgehead atoms. The number of rotatable bonds is 8. The number of cyclic esters (lactones) is 1. The van der Waals surface area contributed by atoms with Crippen LogP contribution >= 0.6 is 0 Å². The van der Waals surface area contributed by atoms with Gasteiger partial charge in [0.15, 0.2) is 0 Å². The van der Waals surface area contributed by atoms with E-state index >= 15 is 0 Å². The Morgan fingerprint density at radius 3 is 1.78 bits per heavy atom. The molecular weight excluding hydrogens is 458 g/mol. The third kappa shape index (κ3) is 6.25. The molecule has 1 aliphatic rings. The van der Waals surface area contributed by atoms with Gasteiger partial charge in [0.1, 0.15) is 5.41 Å². The van der Waals surface area contributed by atoms with Gasteiger partial charge in [0.05, 0.1) is 6.61 Å². The number of carbonyl (C=O) groups is 3. The maximum atomic E-state index is 13.2. The Balaban J connectivity index is 0.000000392. The van der Waals surface area contributed by atoms with Crippen molar-refractivity contribution in [3.63, 3.8) is 0 Å². The fourth-order valence-corrected chi connectivity index (χ4v) is 4.39. The summed E-state index contributed by atoms with van der Waals surface area (Å²) in [5.41, 5.74) is 2.43. The highest BCUT2D eigenvalue weighted by molar-refractivity contribution is 5.90. The molecule has 0 radical (unpaired) electrons. The Morgan fingerprint density at radius 1 is 0.889 bits per heavy atom. The molecule has 0 amide bonds. The summed E-state index contributed by atoms with van der Waals surface area (Å²) in [5, 5.41) is 19.2. The lowest BCUT2D eigenvalue weighted by atomic mass is 9.67. The van der Waals surface area contributed by atoms with Gasteiger partial charge in [0.25, 0.3) is 0 Å². The van der Waals surface area contributed by atoms with Gasteiger partial charge in [-0.15, -0.1) is 0 Å². The third-order valence-electron chi connectivity index (χ3n) is 6.15. The molecule has 7 nitrogen and oxygen atoms in total. The first-order valence-electron chi connectivity index (χ1n) is 11.6. The van der Waals surface area contributed by atoms with Crippen molar-refractivity contribution in [3.8, 4) is 0 Å². The average molecular weight is 488 g/mol. The van der Waals surface area contributed by atoms with Crippen LogP contribution in [0.25, 0.3) is 0 Å². The van der Waals surface area contributed by atoms with E-state index in [2.05, 4.69) is 24.4 Å². The van der Waals surface area contributed by atoms with Gasteiger partial charge in [-0.05, 0) is 23.6 Å². The Hall–Kier alpha value is -4.23. The van der Waals surface area contributed by atoms with Gasteiger partial charge in [0, 0.05) is 30.7 Å². The molecule has 1 heterocycles. The zero-order chi connectivity index (χ0) is 26.0. The average Bonchev–Trinajstić information content (AvgIpc) is 3.24. The summed E-state index contributed by atoms with van der Waals surface area (Å²) in [6.07, 6.45) is 1.12. The van der Waals surface area contributed by atoms with Crippen LogP contribution in [0.15, 0.2) is 103 Å². The maximum absolute atomic E-state index is 13.2. The first-order valence-corrected chi connectivity index (χ1v) is 11.6. The lowest BCUT2D eigenvalue weighted by Crippen LogP contribution is -2.44. The summed E-state index contributed by atoms with van der Waals surface area (Å²) < 4.78 is 5.65. The van der Waals surface area contributed by atoms with Crippen LogP contribution in [0.3, 0.4) is 0 Å². The largest absolute Gasteiger partial charge is 0.478 e. The summed E-state index contributed by atoms with van der Waals surface area (Å²) in [6.45, 7) is 3.25. The summed E-state index contributed by atoms with van der Waals surface area (Å²) in [6, 6.07) is 30.6. The van der Waals surface area contributed by atoms with Gasteiger partial charge in [-0.3, -0.25) is 4.79 Å². The number of carboxylic acids is 2. The molecule has 4 rings (SSSR count). The number of aliphatic carboxylic acids is 2. The lowest BCUT2D eigenvalue weighted by molar-refractivity contribution is -0.141. The summed E-state index contributed by atoms with van der Waals surface area (Å²) in [5.74, 6) is -2.67. The number of carboxylic acid groups (broad SMARTS) is 2. The number of hydrogen-bond acceptors (Lipinski definition) is 5. The Kier molecular flexibility index (Phi) is 9.13. The van der Waals surface area contributed by atoms with Crippen LogP contribution in [-0.2, 0) is 24.5 Å². The van der Waals surface area contributed by atoms with Crippen molar-refractivity contribution in [2.45, 2.75) is 18.4 Å². The van der Waals surface area contributed by atoms with E-state index in [1.165, 1.54) is 5.56 Å².